The molecule has 0 spiro atoms. The maximum absolute atomic E-state index is 12.5. The molecule has 1 aromatic carbocycles. The molecular formula is C15H23NO2S. The first kappa shape index (κ1) is 14.5. The minimum Gasteiger partial charge on any atom is -0.207 e. The molecule has 19 heavy (non-hydrogen) atoms. The largest absolute Gasteiger partial charge is 0.243 e. The fourth-order valence-electron chi connectivity index (χ4n) is 2.53. The van der Waals surface area contributed by atoms with Crippen molar-refractivity contribution in [3.63, 3.8) is 0 Å². The van der Waals surface area contributed by atoms with Crippen LogP contribution in [0, 0.1) is 0 Å². The van der Waals surface area contributed by atoms with Crippen molar-refractivity contribution in [2.45, 2.75) is 56.9 Å². The minimum absolute atomic E-state index is 0.0287. The summed E-state index contributed by atoms with van der Waals surface area (Å²) in [5.41, 5.74) is 2.53. The van der Waals surface area contributed by atoms with Gasteiger partial charge in [-0.25, -0.2) is 8.42 Å². The number of hydrogen-bond acceptors (Lipinski definition) is 2. The summed E-state index contributed by atoms with van der Waals surface area (Å²) in [5.74, 6) is 0. The van der Waals surface area contributed by atoms with Crippen molar-refractivity contribution in [2.75, 3.05) is 7.05 Å². The van der Waals surface area contributed by atoms with Crippen molar-refractivity contribution in [1.29, 1.82) is 0 Å². The number of fused-ring (bicyclic) bond motifs is 1. The summed E-state index contributed by atoms with van der Waals surface area (Å²) in [7, 11) is -1.68. The van der Waals surface area contributed by atoms with E-state index < -0.39 is 10.0 Å². The van der Waals surface area contributed by atoms with E-state index in [-0.39, 0.29) is 6.04 Å². The zero-order valence-electron chi connectivity index (χ0n) is 12.0. The molecule has 1 aromatic rings. The number of sulfonamides is 1. The molecule has 0 bridgehead atoms. The third-order valence-corrected chi connectivity index (χ3v) is 6.18. The lowest BCUT2D eigenvalue weighted by Crippen LogP contribution is -2.34. The molecule has 0 aliphatic heterocycles. The molecule has 0 fully saturated rings. The van der Waals surface area contributed by atoms with Crippen molar-refractivity contribution in [3.8, 4) is 0 Å². The number of aryl methyl sites for hydroxylation is 2. The van der Waals surface area contributed by atoms with Gasteiger partial charge in [0.25, 0.3) is 0 Å². The number of hydrogen-bond donors (Lipinski definition) is 0. The molecular weight excluding hydrogens is 258 g/mol. The average molecular weight is 281 g/mol. The third kappa shape index (κ3) is 2.84. The highest BCUT2D eigenvalue weighted by Gasteiger charge is 2.25. The Morgan fingerprint density at radius 3 is 2.47 bits per heavy atom. The zero-order chi connectivity index (χ0) is 14.0. The lowest BCUT2D eigenvalue weighted by Gasteiger charge is -2.24. The first-order valence-corrected chi connectivity index (χ1v) is 8.50. The summed E-state index contributed by atoms with van der Waals surface area (Å²) in [6, 6.07) is 5.66. The second kappa shape index (κ2) is 5.63. The Kier molecular flexibility index (Phi) is 4.31. The van der Waals surface area contributed by atoms with Crippen LogP contribution in [0.2, 0.25) is 0 Å². The normalized spacial score (nSPS) is 17.3. The Morgan fingerprint density at radius 2 is 1.84 bits per heavy atom. The van der Waals surface area contributed by atoms with E-state index in [1.807, 2.05) is 26.0 Å². The van der Waals surface area contributed by atoms with Crippen LogP contribution in [0.1, 0.15) is 44.2 Å². The van der Waals surface area contributed by atoms with Crippen LogP contribution < -0.4 is 0 Å². The molecule has 0 saturated heterocycles. The molecule has 0 radical (unpaired) electrons. The summed E-state index contributed by atoms with van der Waals surface area (Å²) in [5, 5.41) is 0. The fraction of sp³-hybridized carbons (Fsp3) is 0.600. The van der Waals surface area contributed by atoms with Gasteiger partial charge in [0.2, 0.25) is 10.0 Å². The van der Waals surface area contributed by atoms with Crippen LogP contribution in [0.15, 0.2) is 23.1 Å². The SMILES string of the molecule is CC[C@@H](C)N(C)S(=O)(=O)c1ccc2c(c1)CCCC2. The van der Waals surface area contributed by atoms with E-state index in [2.05, 4.69) is 0 Å². The topological polar surface area (TPSA) is 37.4 Å². The van der Waals surface area contributed by atoms with Gasteiger partial charge in [0, 0.05) is 13.1 Å². The van der Waals surface area contributed by atoms with Gasteiger partial charge in [0.15, 0.2) is 0 Å². The number of nitrogens with zero attached hydrogens (tertiary/aromatic N) is 1. The van der Waals surface area contributed by atoms with Crippen LogP contribution in [0.5, 0.6) is 0 Å². The van der Waals surface area contributed by atoms with Crippen molar-refractivity contribution >= 4 is 10.0 Å². The maximum Gasteiger partial charge on any atom is 0.243 e. The summed E-state index contributed by atoms with van der Waals surface area (Å²) < 4.78 is 26.6. The Morgan fingerprint density at radius 1 is 1.21 bits per heavy atom. The third-order valence-electron chi connectivity index (χ3n) is 4.21. The Hall–Kier alpha value is -0.870. The fourth-order valence-corrected chi connectivity index (χ4v) is 4.02. The molecule has 0 heterocycles. The minimum atomic E-state index is -3.35. The molecule has 2 rings (SSSR count). The lowest BCUT2D eigenvalue weighted by molar-refractivity contribution is 0.380. The van der Waals surface area contributed by atoms with Gasteiger partial charge in [0.1, 0.15) is 0 Å². The standard InChI is InChI=1S/C15H23NO2S/c1-4-12(2)16(3)19(17,18)15-10-9-13-7-5-6-8-14(13)11-15/h9-12H,4-8H2,1-3H3/t12-/m1/s1. The van der Waals surface area contributed by atoms with E-state index in [4.69, 9.17) is 0 Å². The molecule has 0 saturated carbocycles. The highest BCUT2D eigenvalue weighted by molar-refractivity contribution is 7.89. The molecule has 3 nitrogen and oxygen atoms in total. The van der Waals surface area contributed by atoms with Crippen LogP contribution in [0.4, 0.5) is 0 Å². The second-order valence-electron chi connectivity index (χ2n) is 5.42. The van der Waals surface area contributed by atoms with Gasteiger partial charge in [-0.05, 0) is 62.3 Å². The van der Waals surface area contributed by atoms with Crippen molar-refractivity contribution in [1.82, 2.24) is 4.31 Å². The van der Waals surface area contributed by atoms with Crippen molar-refractivity contribution in [2.24, 2.45) is 0 Å². The second-order valence-corrected chi connectivity index (χ2v) is 7.41. The Bertz CT molecular complexity index is 551. The van der Waals surface area contributed by atoms with Gasteiger partial charge in [-0.1, -0.05) is 13.0 Å². The summed E-state index contributed by atoms with van der Waals surface area (Å²) >= 11 is 0. The van der Waals surface area contributed by atoms with Crippen molar-refractivity contribution in [3.05, 3.63) is 29.3 Å². The molecule has 1 atom stereocenters. The maximum atomic E-state index is 12.5. The van der Waals surface area contributed by atoms with E-state index in [1.54, 1.807) is 13.1 Å². The molecule has 0 amide bonds. The van der Waals surface area contributed by atoms with E-state index in [1.165, 1.54) is 21.9 Å². The Labute approximate surface area is 116 Å². The highest BCUT2D eigenvalue weighted by atomic mass is 32.2. The summed E-state index contributed by atoms with van der Waals surface area (Å²) in [4.78, 5) is 0.441. The highest BCUT2D eigenvalue weighted by Crippen LogP contribution is 2.26. The van der Waals surface area contributed by atoms with Gasteiger partial charge >= 0.3 is 0 Å². The van der Waals surface area contributed by atoms with E-state index in [9.17, 15) is 8.42 Å². The summed E-state index contributed by atoms with van der Waals surface area (Å²) in [6.45, 7) is 3.94. The zero-order valence-corrected chi connectivity index (χ0v) is 12.8. The first-order valence-electron chi connectivity index (χ1n) is 7.06. The van der Waals surface area contributed by atoms with E-state index in [0.29, 0.717) is 4.90 Å². The van der Waals surface area contributed by atoms with Gasteiger partial charge < -0.3 is 0 Å². The van der Waals surface area contributed by atoms with Crippen molar-refractivity contribution < 1.29 is 8.42 Å². The van der Waals surface area contributed by atoms with E-state index in [0.717, 1.165) is 25.7 Å². The molecule has 4 heteroatoms. The smallest absolute Gasteiger partial charge is 0.207 e. The van der Waals surface area contributed by atoms with Gasteiger partial charge in [-0.3, -0.25) is 0 Å². The van der Waals surface area contributed by atoms with Crippen LogP contribution in [0.25, 0.3) is 0 Å². The molecule has 0 N–H and O–H groups in total. The first-order chi connectivity index (χ1) is 8.96. The van der Waals surface area contributed by atoms with Gasteiger partial charge in [-0.2, -0.15) is 4.31 Å². The van der Waals surface area contributed by atoms with E-state index >= 15 is 0 Å². The van der Waals surface area contributed by atoms with Crippen LogP contribution in [-0.4, -0.2) is 25.8 Å². The number of benzene rings is 1. The van der Waals surface area contributed by atoms with Crippen LogP contribution in [-0.2, 0) is 22.9 Å². The predicted octanol–water partition coefficient (Wildman–Crippen LogP) is 2.98. The van der Waals surface area contributed by atoms with Gasteiger partial charge in [0.05, 0.1) is 4.90 Å². The molecule has 0 unspecified atom stereocenters. The lowest BCUT2D eigenvalue weighted by atomic mass is 9.92. The average Bonchev–Trinajstić information content (AvgIpc) is 2.45. The molecule has 1 aliphatic carbocycles. The van der Waals surface area contributed by atoms with Crippen LogP contribution in [0.3, 0.4) is 0 Å². The monoisotopic (exact) mass is 281 g/mol. The molecule has 106 valence electrons. The van der Waals surface area contributed by atoms with Gasteiger partial charge in [-0.15, -0.1) is 0 Å². The summed E-state index contributed by atoms with van der Waals surface area (Å²) in [6.07, 6.45) is 5.28. The quantitative estimate of drug-likeness (QED) is 0.851. The van der Waals surface area contributed by atoms with Crippen LogP contribution >= 0.6 is 0 Å². The Balaban J connectivity index is 2.36. The molecule has 1 aliphatic rings. The predicted molar refractivity (Wildman–Crippen MR) is 77.8 cm³/mol. The number of rotatable bonds is 4. The molecule has 0 aromatic heterocycles.